The number of likely N-dealkylation sites (N-methyl/N-ethyl adjacent to an activating group) is 1. The van der Waals surface area contributed by atoms with Crippen LogP contribution in [0, 0.1) is 11.3 Å². The molecule has 0 aromatic rings. The van der Waals surface area contributed by atoms with Crippen molar-refractivity contribution in [2.45, 2.75) is 59.4 Å². The van der Waals surface area contributed by atoms with Crippen LogP contribution in [0.5, 0.6) is 0 Å². The van der Waals surface area contributed by atoms with Gasteiger partial charge in [-0.1, -0.05) is 47.0 Å². The molecule has 0 bridgehead atoms. The molecule has 0 heterocycles. The molecule has 1 aliphatic carbocycles. The summed E-state index contributed by atoms with van der Waals surface area (Å²) in [5, 5.41) is 3.51. The van der Waals surface area contributed by atoms with Crippen LogP contribution < -0.4 is 5.32 Å². The van der Waals surface area contributed by atoms with Crippen LogP contribution in [-0.2, 0) is 4.74 Å². The first-order chi connectivity index (χ1) is 7.54. The highest BCUT2D eigenvalue weighted by molar-refractivity contribution is 4.79. The van der Waals surface area contributed by atoms with Crippen molar-refractivity contribution in [1.29, 1.82) is 0 Å². The van der Waals surface area contributed by atoms with E-state index < -0.39 is 0 Å². The lowest BCUT2D eigenvalue weighted by atomic mass is 9.83. The van der Waals surface area contributed by atoms with Gasteiger partial charge in [0.1, 0.15) is 0 Å². The molecule has 2 nitrogen and oxygen atoms in total. The minimum absolute atomic E-state index is 0.284. The van der Waals surface area contributed by atoms with Crippen LogP contribution in [0.4, 0.5) is 0 Å². The van der Waals surface area contributed by atoms with Gasteiger partial charge in [0.25, 0.3) is 0 Å². The quantitative estimate of drug-likeness (QED) is 0.674. The first-order valence-electron chi connectivity index (χ1n) is 6.85. The Bertz CT molecular complexity index is 182. The third-order valence-corrected chi connectivity index (χ3v) is 3.68. The smallest absolute Gasteiger partial charge is 0.0624 e. The van der Waals surface area contributed by atoms with Gasteiger partial charge < -0.3 is 10.1 Å². The summed E-state index contributed by atoms with van der Waals surface area (Å²) in [6.07, 6.45) is 5.56. The molecule has 1 unspecified atom stereocenters. The molecule has 1 atom stereocenters. The van der Waals surface area contributed by atoms with E-state index in [1.807, 2.05) is 0 Å². The first-order valence-corrected chi connectivity index (χ1v) is 6.85. The minimum Gasteiger partial charge on any atom is -0.380 e. The summed E-state index contributed by atoms with van der Waals surface area (Å²) in [4.78, 5) is 0. The third-order valence-electron chi connectivity index (χ3n) is 3.68. The fraction of sp³-hybridized carbons (Fsp3) is 1.00. The van der Waals surface area contributed by atoms with Gasteiger partial charge in [-0.2, -0.15) is 0 Å². The Kier molecular flexibility index (Phi) is 5.77. The van der Waals surface area contributed by atoms with Gasteiger partial charge in [0.15, 0.2) is 0 Å². The van der Waals surface area contributed by atoms with E-state index in [0.717, 1.165) is 25.7 Å². The molecule has 1 aliphatic rings. The predicted octanol–water partition coefficient (Wildman–Crippen LogP) is 3.22. The van der Waals surface area contributed by atoms with Gasteiger partial charge in [-0.3, -0.25) is 0 Å². The first kappa shape index (κ1) is 14.0. The monoisotopic (exact) mass is 227 g/mol. The van der Waals surface area contributed by atoms with E-state index in [0.29, 0.717) is 6.04 Å². The van der Waals surface area contributed by atoms with Crippen LogP contribution in [0.25, 0.3) is 0 Å². The molecular formula is C14H29NO. The van der Waals surface area contributed by atoms with Crippen LogP contribution in [0.3, 0.4) is 0 Å². The molecule has 1 rings (SSSR count). The number of rotatable bonds is 7. The second kappa shape index (κ2) is 6.61. The second-order valence-corrected chi connectivity index (χ2v) is 6.14. The van der Waals surface area contributed by atoms with Gasteiger partial charge in [-0.15, -0.1) is 0 Å². The van der Waals surface area contributed by atoms with Crippen molar-refractivity contribution in [3.63, 3.8) is 0 Å². The zero-order valence-corrected chi connectivity index (χ0v) is 11.5. The molecule has 1 fully saturated rings. The van der Waals surface area contributed by atoms with Crippen LogP contribution in [0.15, 0.2) is 0 Å². The normalized spacial score (nSPS) is 19.5. The molecule has 0 amide bonds. The fourth-order valence-electron chi connectivity index (χ4n) is 2.09. The SMILES string of the molecule is CCNC(COCCC1CCC1)C(C)(C)C. The summed E-state index contributed by atoms with van der Waals surface area (Å²) in [6.45, 7) is 11.8. The molecule has 0 aliphatic heterocycles. The molecular weight excluding hydrogens is 198 g/mol. The number of hydrogen-bond acceptors (Lipinski definition) is 2. The summed E-state index contributed by atoms with van der Waals surface area (Å²) in [7, 11) is 0. The Morgan fingerprint density at radius 3 is 2.44 bits per heavy atom. The van der Waals surface area contributed by atoms with E-state index in [2.05, 4.69) is 33.0 Å². The van der Waals surface area contributed by atoms with Gasteiger partial charge in [0.05, 0.1) is 6.61 Å². The second-order valence-electron chi connectivity index (χ2n) is 6.14. The van der Waals surface area contributed by atoms with Crippen molar-refractivity contribution >= 4 is 0 Å². The highest BCUT2D eigenvalue weighted by Crippen LogP contribution is 2.29. The third kappa shape index (κ3) is 4.84. The van der Waals surface area contributed by atoms with E-state index in [1.165, 1.54) is 25.7 Å². The van der Waals surface area contributed by atoms with E-state index in [4.69, 9.17) is 4.74 Å². The maximum atomic E-state index is 5.82. The Labute approximate surface area is 101 Å². The Morgan fingerprint density at radius 2 is 2.00 bits per heavy atom. The maximum Gasteiger partial charge on any atom is 0.0624 e. The van der Waals surface area contributed by atoms with Gasteiger partial charge in [0.2, 0.25) is 0 Å². The van der Waals surface area contributed by atoms with Gasteiger partial charge in [-0.25, -0.2) is 0 Å². The summed E-state index contributed by atoms with van der Waals surface area (Å²) in [6, 6.07) is 0.471. The van der Waals surface area contributed by atoms with Crippen molar-refractivity contribution in [3.05, 3.63) is 0 Å². The molecule has 96 valence electrons. The molecule has 0 aromatic carbocycles. The fourth-order valence-corrected chi connectivity index (χ4v) is 2.09. The topological polar surface area (TPSA) is 21.3 Å². The van der Waals surface area contributed by atoms with Crippen molar-refractivity contribution in [2.24, 2.45) is 11.3 Å². The largest absolute Gasteiger partial charge is 0.380 e. The van der Waals surface area contributed by atoms with Crippen LogP contribution in [0.2, 0.25) is 0 Å². The molecule has 16 heavy (non-hydrogen) atoms. The number of nitrogens with one attached hydrogen (secondary N) is 1. The molecule has 2 heteroatoms. The van der Waals surface area contributed by atoms with E-state index in [1.54, 1.807) is 0 Å². The predicted molar refractivity (Wildman–Crippen MR) is 69.7 cm³/mol. The van der Waals surface area contributed by atoms with Crippen LogP contribution in [0.1, 0.15) is 53.4 Å². The van der Waals surface area contributed by atoms with Crippen LogP contribution >= 0.6 is 0 Å². The molecule has 0 saturated heterocycles. The Morgan fingerprint density at radius 1 is 1.31 bits per heavy atom. The van der Waals surface area contributed by atoms with E-state index >= 15 is 0 Å². The van der Waals surface area contributed by atoms with Crippen molar-refractivity contribution in [2.75, 3.05) is 19.8 Å². The number of hydrogen-bond donors (Lipinski definition) is 1. The lowest BCUT2D eigenvalue weighted by Gasteiger charge is -2.31. The highest BCUT2D eigenvalue weighted by Gasteiger charge is 2.24. The average molecular weight is 227 g/mol. The average Bonchev–Trinajstić information content (AvgIpc) is 2.11. The van der Waals surface area contributed by atoms with Crippen molar-refractivity contribution in [3.8, 4) is 0 Å². The summed E-state index contributed by atoms with van der Waals surface area (Å²) >= 11 is 0. The van der Waals surface area contributed by atoms with E-state index in [9.17, 15) is 0 Å². The lowest BCUT2D eigenvalue weighted by molar-refractivity contribution is 0.0613. The lowest BCUT2D eigenvalue weighted by Crippen LogP contribution is -2.43. The number of ether oxygens (including phenoxy) is 1. The van der Waals surface area contributed by atoms with Gasteiger partial charge >= 0.3 is 0 Å². The minimum atomic E-state index is 0.284. The molecule has 0 spiro atoms. The molecule has 0 aromatic heterocycles. The summed E-state index contributed by atoms with van der Waals surface area (Å²) in [5.74, 6) is 0.965. The standard InChI is InChI=1S/C14H29NO/c1-5-15-13(14(2,3)4)11-16-10-9-12-7-6-8-12/h12-13,15H,5-11H2,1-4H3. The highest BCUT2D eigenvalue weighted by atomic mass is 16.5. The Balaban J connectivity index is 2.11. The zero-order valence-electron chi connectivity index (χ0n) is 11.5. The van der Waals surface area contributed by atoms with Crippen LogP contribution in [-0.4, -0.2) is 25.8 Å². The molecule has 1 N–H and O–H groups in total. The molecule has 0 radical (unpaired) electrons. The summed E-state index contributed by atoms with van der Waals surface area (Å²) in [5.41, 5.74) is 0.284. The molecule has 1 saturated carbocycles. The van der Waals surface area contributed by atoms with Gasteiger partial charge in [-0.05, 0) is 24.3 Å². The van der Waals surface area contributed by atoms with Gasteiger partial charge in [0, 0.05) is 12.6 Å². The zero-order chi connectivity index (χ0) is 12.0. The maximum absolute atomic E-state index is 5.82. The van der Waals surface area contributed by atoms with Crippen molar-refractivity contribution < 1.29 is 4.74 Å². The van der Waals surface area contributed by atoms with E-state index in [-0.39, 0.29) is 5.41 Å². The summed E-state index contributed by atoms with van der Waals surface area (Å²) < 4.78 is 5.82. The van der Waals surface area contributed by atoms with Crippen molar-refractivity contribution in [1.82, 2.24) is 5.32 Å². The Hall–Kier alpha value is -0.0800.